The molecule has 1 aromatic carbocycles. The van der Waals surface area contributed by atoms with Crippen LogP contribution in [0.25, 0.3) is 16.9 Å². The Morgan fingerprint density at radius 1 is 0.962 bits per heavy atom. The zero-order valence-corrected chi connectivity index (χ0v) is 16.0. The maximum Gasteiger partial charge on any atom is 0.164 e. The summed E-state index contributed by atoms with van der Waals surface area (Å²) in [4.78, 5) is 8.94. The summed E-state index contributed by atoms with van der Waals surface area (Å²) in [6.07, 6.45) is 5.34. The smallest absolute Gasteiger partial charge is 0.164 e. The van der Waals surface area contributed by atoms with E-state index in [4.69, 9.17) is 19.2 Å². The maximum absolute atomic E-state index is 5.59. The Labute approximate surface area is 152 Å². The minimum Gasteiger partial charge on any atom is -0.496 e. The molecule has 0 saturated heterocycles. The van der Waals surface area contributed by atoms with Gasteiger partial charge in [0, 0.05) is 29.6 Å². The Morgan fingerprint density at radius 2 is 1.62 bits per heavy atom. The van der Waals surface area contributed by atoms with Crippen molar-refractivity contribution in [2.24, 2.45) is 0 Å². The largest absolute Gasteiger partial charge is 0.496 e. The lowest BCUT2D eigenvalue weighted by Crippen LogP contribution is -2.27. The summed E-state index contributed by atoms with van der Waals surface area (Å²) in [6, 6.07) is 3.68. The van der Waals surface area contributed by atoms with E-state index < -0.39 is 0 Å². The van der Waals surface area contributed by atoms with Crippen LogP contribution in [0.15, 0.2) is 30.7 Å². The van der Waals surface area contributed by atoms with Gasteiger partial charge in [0.25, 0.3) is 0 Å². The van der Waals surface area contributed by atoms with Crippen LogP contribution in [0.4, 0.5) is 5.82 Å². The van der Waals surface area contributed by atoms with E-state index in [2.05, 4.69) is 31.1 Å². The van der Waals surface area contributed by atoms with Crippen LogP contribution in [-0.2, 0) is 0 Å². The number of imidazole rings is 1. The summed E-state index contributed by atoms with van der Waals surface area (Å²) in [5.41, 5.74) is 2.15. The van der Waals surface area contributed by atoms with Crippen LogP contribution in [-0.4, -0.2) is 41.2 Å². The lowest BCUT2D eigenvalue weighted by atomic mass is 10.1. The van der Waals surface area contributed by atoms with E-state index in [9.17, 15) is 0 Å². The molecule has 0 aliphatic heterocycles. The third kappa shape index (κ3) is 3.24. The van der Waals surface area contributed by atoms with Gasteiger partial charge in [-0.1, -0.05) is 0 Å². The highest BCUT2D eigenvalue weighted by Crippen LogP contribution is 2.42. The number of aromatic nitrogens is 3. The van der Waals surface area contributed by atoms with Gasteiger partial charge >= 0.3 is 0 Å². The van der Waals surface area contributed by atoms with E-state index in [1.165, 1.54) is 0 Å². The minimum atomic E-state index is -0.155. The first-order chi connectivity index (χ1) is 12.4. The van der Waals surface area contributed by atoms with Gasteiger partial charge in [-0.2, -0.15) is 0 Å². The van der Waals surface area contributed by atoms with Gasteiger partial charge in [-0.05, 0) is 26.8 Å². The van der Waals surface area contributed by atoms with Crippen LogP contribution in [0.1, 0.15) is 20.8 Å². The molecule has 3 rings (SSSR count). The Kier molecular flexibility index (Phi) is 4.63. The molecule has 0 atom stereocenters. The van der Waals surface area contributed by atoms with Crippen LogP contribution in [0.3, 0.4) is 0 Å². The van der Waals surface area contributed by atoms with Crippen molar-refractivity contribution < 1.29 is 14.2 Å². The van der Waals surface area contributed by atoms with Crippen molar-refractivity contribution in [3.63, 3.8) is 0 Å². The van der Waals surface area contributed by atoms with Crippen molar-refractivity contribution in [3.8, 4) is 28.5 Å². The highest BCUT2D eigenvalue weighted by atomic mass is 16.5. The summed E-state index contributed by atoms with van der Waals surface area (Å²) in [5, 5.41) is 3.53. The number of hydrogen-bond donors (Lipinski definition) is 1. The molecule has 0 saturated carbocycles. The Balaban J connectivity index is 2.29. The number of ether oxygens (including phenoxy) is 3. The predicted octanol–water partition coefficient (Wildman–Crippen LogP) is 3.63. The summed E-state index contributed by atoms with van der Waals surface area (Å²) in [6.45, 7) is 6.30. The lowest BCUT2D eigenvalue weighted by molar-refractivity contribution is 0.349. The highest BCUT2D eigenvalue weighted by Gasteiger charge is 2.23. The van der Waals surface area contributed by atoms with Crippen LogP contribution in [0.2, 0.25) is 0 Å². The van der Waals surface area contributed by atoms with E-state index >= 15 is 0 Å². The molecular weight excluding hydrogens is 332 g/mol. The van der Waals surface area contributed by atoms with Gasteiger partial charge in [0.1, 0.15) is 17.3 Å². The van der Waals surface area contributed by atoms with E-state index in [1.54, 1.807) is 39.8 Å². The monoisotopic (exact) mass is 356 g/mol. The Bertz CT molecular complexity index is 928. The summed E-state index contributed by atoms with van der Waals surface area (Å²) in [5.74, 6) is 2.72. The number of rotatable bonds is 5. The maximum atomic E-state index is 5.59. The van der Waals surface area contributed by atoms with Crippen molar-refractivity contribution in [3.05, 3.63) is 30.7 Å². The van der Waals surface area contributed by atoms with Gasteiger partial charge in [-0.15, -0.1) is 0 Å². The molecule has 0 fully saturated rings. The van der Waals surface area contributed by atoms with E-state index in [0.717, 1.165) is 22.7 Å². The quantitative estimate of drug-likeness (QED) is 0.753. The molecule has 0 spiro atoms. The number of benzene rings is 1. The van der Waals surface area contributed by atoms with E-state index in [1.807, 2.05) is 16.7 Å². The first kappa shape index (κ1) is 17.8. The molecule has 3 aromatic rings. The number of fused-ring (bicyclic) bond motifs is 1. The highest BCUT2D eigenvalue weighted by molar-refractivity contribution is 5.82. The van der Waals surface area contributed by atoms with Crippen molar-refractivity contribution in [2.75, 3.05) is 26.6 Å². The van der Waals surface area contributed by atoms with Gasteiger partial charge in [0.2, 0.25) is 0 Å². The van der Waals surface area contributed by atoms with Crippen LogP contribution < -0.4 is 19.5 Å². The molecule has 0 aliphatic carbocycles. The molecule has 0 unspecified atom stereocenters. The summed E-state index contributed by atoms with van der Waals surface area (Å²) in [7, 11) is 4.83. The number of nitrogens with one attached hydrogen (secondary N) is 1. The Hall–Kier alpha value is -2.96. The van der Waals surface area contributed by atoms with Gasteiger partial charge in [-0.25, -0.2) is 4.98 Å². The minimum absolute atomic E-state index is 0.155. The third-order valence-corrected chi connectivity index (χ3v) is 3.88. The number of anilines is 1. The average molecular weight is 356 g/mol. The second-order valence-corrected chi connectivity index (χ2v) is 6.90. The predicted molar refractivity (Wildman–Crippen MR) is 101 cm³/mol. The molecular formula is C19H24N4O3. The first-order valence-corrected chi connectivity index (χ1v) is 8.28. The number of nitrogens with zero attached hydrogens (tertiary/aromatic N) is 3. The van der Waals surface area contributed by atoms with Crippen molar-refractivity contribution in [1.29, 1.82) is 0 Å². The molecule has 0 radical (unpaired) electrons. The molecule has 0 aliphatic rings. The number of methoxy groups -OCH3 is 3. The first-order valence-electron chi connectivity index (χ1n) is 8.28. The van der Waals surface area contributed by atoms with Crippen LogP contribution in [0, 0.1) is 0 Å². The van der Waals surface area contributed by atoms with Crippen molar-refractivity contribution in [1.82, 2.24) is 14.4 Å². The van der Waals surface area contributed by atoms with Gasteiger partial charge in [-0.3, -0.25) is 9.38 Å². The topological polar surface area (TPSA) is 69.9 Å². The summed E-state index contributed by atoms with van der Waals surface area (Å²) < 4.78 is 18.4. The molecule has 2 heterocycles. The van der Waals surface area contributed by atoms with Crippen molar-refractivity contribution >= 4 is 11.5 Å². The summed E-state index contributed by atoms with van der Waals surface area (Å²) >= 11 is 0. The molecule has 138 valence electrons. The molecule has 2 aromatic heterocycles. The zero-order chi connectivity index (χ0) is 18.9. The zero-order valence-electron chi connectivity index (χ0n) is 16.0. The van der Waals surface area contributed by atoms with Crippen LogP contribution >= 0.6 is 0 Å². The molecule has 1 N–H and O–H groups in total. The van der Waals surface area contributed by atoms with E-state index in [0.29, 0.717) is 17.2 Å². The normalized spacial score (nSPS) is 11.5. The van der Waals surface area contributed by atoms with E-state index in [-0.39, 0.29) is 5.54 Å². The fourth-order valence-corrected chi connectivity index (χ4v) is 2.78. The second kappa shape index (κ2) is 6.74. The molecule has 7 nitrogen and oxygen atoms in total. The standard InChI is InChI=1S/C19H24N4O3/c1-19(2,3)22-18-17(21-16-11-20-7-8-23(16)18)12-9-14(25-5)15(26-6)10-13(12)24-4/h7-11,22H,1-6H3. The van der Waals surface area contributed by atoms with Crippen LogP contribution in [0.5, 0.6) is 17.2 Å². The number of hydrogen-bond acceptors (Lipinski definition) is 6. The third-order valence-electron chi connectivity index (χ3n) is 3.88. The molecule has 7 heteroatoms. The van der Waals surface area contributed by atoms with Gasteiger partial charge < -0.3 is 19.5 Å². The van der Waals surface area contributed by atoms with Crippen molar-refractivity contribution in [2.45, 2.75) is 26.3 Å². The van der Waals surface area contributed by atoms with Gasteiger partial charge in [0.15, 0.2) is 17.1 Å². The SMILES string of the molecule is COc1cc(OC)c(-c2nc3cnccn3c2NC(C)(C)C)cc1OC. The molecule has 26 heavy (non-hydrogen) atoms. The lowest BCUT2D eigenvalue weighted by Gasteiger charge is -2.23. The fraction of sp³-hybridized carbons (Fsp3) is 0.368. The molecule has 0 amide bonds. The second-order valence-electron chi connectivity index (χ2n) is 6.90. The Morgan fingerprint density at radius 3 is 2.23 bits per heavy atom. The fourth-order valence-electron chi connectivity index (χ4n) is 2.78. The average Bonchev–Trinajstić information content (AvgIpc) is 2.97. The molecule has 0 bridgehead atoms. The van der Waals surface area contributed by atoms with Gasteiger partial charge in [0.05, 0.1) is 27.5 Å².